The summed E-state index contributed by atoms with van der Waals surface area (Å²) in [6.07, 6.45) is 0.155. The molecule has 5 heteroatoms. The largest absolute Gasteiger partial charge is 0.294 e. The zero-order valence-corrected chi connectivity index (χ0v) is 12.9. The van der Waals surface area contributed by atoms with E-state index in [1.54, 1.807) is 16.8 Å². The number of carbonyl (C=O) groups excluding carboxylic acids is 1. The number of benzene rings is 2. The van der Waals surface area contributed by atoms with Crippen molar-refractivity contribution in [2.75, 3.05) is 0 Å². The fourth-order valence-corrected chi connectivity index (χ4v) is 2.59. The molecule has 0 radical (unpaired) electrons. The van der Waals surface area contributed by atoms with Crippen LogP contribution < -0.4 is 0 Å². The lowest BCUT2D eigenvalue weighted by molar-refractivity contribution is 0.0991. The van der Waals surface area contributed by atoms with Crippen LogP contribution in [0.1, 0.15) is 16.1 Å². The van der Waals surface area contributed by atoms with Crippen molar-refractivity contribution in [1.29, 1.82) is 0 Å². The first-order chi connectivity index (χ1) is 10.1. The van der Waals surface area contributed by atoms with Gasteiger partial charge in [0.1, 0.15) is 5.82 Å². The second-order valence-electron chi connectivity index (χ2n) is 4.82. The van der Waals surface area contributed by atoms with Crippen molar-refractivity contribution >= 4 is 32.6 Å². The van der Waals surface area contributed by atoms with Gasteiger partial charge in [-0.1, -0.05) is 24.3 Å². The smallest absolute Gasteiger partial charge is 0.169 e. The fourth-order valence-electron chi connectivity index (χ4n) is 2.34. The number of ketones is 1. The molecule has 0 saturated heterocycles. The predicted octanol–water partition coefficient (Wildman–Crippen LogP) is 3.90. The van der Waals surface area contributed by atoms with E-state index in [1.165, 1.54) is 6.07 Å². The highest BCUT2D eigenvalue weighted by molar-refractivity contribution is 9.10. The predicted molar refractivity (Wildman–Crippen MR) is 82.8 cm³/mol. The zero-order valence-electron chi connectivity index (χ0n) is 11.3. The average Bonchev–Trinajstić information content (AvgIpc) is 2.79. The number of rotatable bonds is 3. The lowest BCUT2D eigenvalue weighted by Crippen LogP contribution is -2.05. The van der Waals surface area contributed by atoms with Crippen LogP contribution in [-0.2, 0) is 13.5 Å². The highest BCUT2D eigenvalue weighted by Gasteiger charge is 2.14. The number of para-hydroxylation sites is 1. The van der Waals surface area contributed by atoms with Crippen LogP contribution in [0.5, 0.6) is 0 Å². The molecule has 3 rings (SSSR count). The van der Waals surface area contributed by atoms with Gasteiger partial charge in [0.15, 0.2) is 5.78 Å². The number of hydrogen-bond donors (Lipinski definition) is 0. The molecule has 1 heterocycles. The minimum Gasteiger partial charge on any atom is -0.294 e. The molecule has 2 aromatic carbocycles. The molecule has 0 spiro atoms. The number of aromatic nitrogens is 2. The van der Waals surface area contributed by atoms with E-state index in [1.807, 2.05) is 31.3 Å². The van der Waals surface area contributed by atoms with Crippen LogP contribution in [0.4, 0.5) is 4.39 Å². The third-order valence-electron chi connectivity index (χ3n) is 3.40. The zero-order chi connectivity index (χ0) is 15.0. The molecular weight excluding hydrogens is 335 g/mol. The van der Waals surface area contributed by atoms with E-state index in [2.05, 4.69) is 21.0 Å². The Bertz CT molecular complexity index is 841. The van der Waals surface area contributed by atoms with Crippen molar-refractivity contribution in [3.05, 3.63) is 64.0 Å². The maximum absolute atomic E-state index is 13.5. The minimum atomic E-state index is -0.438. The maximum atomic E-state index is 13.5. The van der Waals surface area contributed by atoms with E-state index in [-0.39, 0.29) is 12.2 Å². The highest BCUT2D eigenvalue weighted by Crippen LogP contribution is 2.21. The van der Waals surface area contributed by atoms with Gasteiger partial charge in [0.25, 0.3) is 0 Å². The molecule has 106 valence electrons. The van der Waals surface area contributed by atoms with Crippen molar-refractivity contribution in [2.45, 2.75) is 6.42 Å². The van der Waals surface area contributed by atoms with Gasteiger partial charge in [-0.3, -0.25) is 9.48 Å². The van der Waals surface area contributed by atoms with Crippen LogP contribution >= 0.6 is 15.9 Å². The van der Waals surface area contributed by atoms with Crippen LogP contribution in [0.2, 0.25) is 0 Å². The Morgan fingerprint density at radius 2 is 2.05 bits per heavy atom. The van der Waals surface area contributed by atoms with Gasteiger partial charge in [0.2, 0.25) is 0 Å². The van der Waals surface area contributed by atoms with E-state index in [0.717, 1.165) is 10.9 Å². The standard InChI is InChI=1S/C16H12BrFN2O/c1-20-15-5-3-2-4-11(15)14(19-20)9-16(21)10-6-7-12(17)13(18)8-10/h2-8H,9H2,1H3. The molecule has 1 aromatic heterocycles. The molecule has 0 saturated carbocycles. The Labute approximate surface area is 129 Å². The molecule has 0 fully saturated rings. The summed E-state index contributed by atoms with van der Waals surface area (Å²) in [7, 11) is 1.84. The van der Waals surface area contributed by atoms with Crippen LogP contribution in [-0.4, -0.2) is 15.6 Å². The molecule has 0 bridgehead atoms. The Morgan fingerprint density at radius 3 is 2.81 bits per heavy atom. The summed E-state index contributed by atoms with van der Waals surface area (Å²) in [5, 5.41) is 5.34. The van der Waals surface area contributed by atoms with Gasteiger partial charge < -0.3 is 0 Å². The number of carbonyl (C=O) groups is 1. The number of halogens is 2. The van der Waals surface area contributed by atoms with Crippen molar-refractivity contribution in [3.63, 3.8) is 0 Å². The van der Waals surface area contributed by atoms with Crippen LogP contribution in [0, 0.1) is 5.82 Å². The third-order valence-corrected chi connectivity index (χ3v) is 4.05. The van der Waals surface area contributed by atoms with Gasteiger partial charge in [0.05, 0.1) is 22.1 Å². The van der Waals surface area contributed by atoms with E-state index in [4.69, 9.17) is 0 Å². The second-order valence-corrected chi connectivity index (χ2v) is 5.67. The lowest BCUT2D eigenvalue weighted by atomic mass is 10.0. The normalized spacial score (nSPS) is 11.0. The van der Waals surface area contributed by atoms with Crippen LogP contribution in [0.25, 0.3) is 10.9 Å². The Balaban J connectivity index is 1.94. The van der Waals surface area contributed by atoms with E-state index in [9.17, 15) is 9.18 Å². The quantitative estimate of drug-likeness (QED) is 0.674. The Morgan fingerprint density at radius 1 is 1.29 bits per heavy atom. The van der Waals surface area contributed by atoms with Gasteiger partial charge >= 0.3 is 0 Å². The van der Waals surface area contributed by atoms with Gasteiger partial charge in [-0.05, 0) is 34.1 Å². The molecule has 0 aliphatic carbocycles. The van der Waals surface area contributed by atoms with Crippen molar-refractivity contribution in [2.24, 2.45) is 7.05 Å². The summed E-state index contributed by atoms with van der Waals surface area (Å²) in [5.41, 5.74) is 2.04. The van der Waals surface area contributed by atoms with Crippen molar-refractivity contribution in [3.8, 4) is 0 Å². The maximum Gasteiger partial charge on any atom is 0.169 e. The topological polar surface area (TPSA) is 34.9 Å². The molecule has 0 aliphatic heterocycles. The van der Waals surface area contributed by atoms with E-state index < -0.39 is 5.82 Å². The van der Waals surface area contributed by atoms with Gasteiger partial charge in [-0.15, -0.1) is 0 Å². The molecular formula is C16H12BrFN2O. The van der Waals surface area contributed by atoms with E-state index >= 15 is 0 Å². The first-order valence-electron chi connectivity index (χ1n) is 6.45. The number of Topliss-reactive ketones (excluding diaryl/α,β-unsaturated/α-hetero) is 1. The molecule has 0 atom stereocenters. The first kappa shape index (κ1) is 13.9. The molecule has 0 N–H and O–H groups in total. The average molecular weight is 347 g/mol. The summed E-state index contributed by atoms with van der Waals surface area (Å²) in [4.78, 5) is 12.3. The molecule has 21 heavy (non-hydrogen) atoms. The minimum absolute atomic E-state index is 0.148. The fraction of sp³-hybridized carbons (Fsp3) is 0.125. The van der Waals surface area contributed by atoms with Gasteiger partial charge in [-0.25, -0.2) is 4.39 Å². The highest BCUT2D eigenvalue weighted by atomic mass is 79.9. The Hall–Kier alpha value is -2.01. The second kappa shape index (κ2) is 5.41. The monoisotopic (exact) mass is 346 g/mol. The summed E-state index contributed by atoms with van der Waals surface area (Å²) in [5.74, 6) is -0.586. The number of aryl methyl sites for hydroxylation is 1. The lowest BCUT2D eigenvalue weighted by Gasteiger charge is -2.01. The summed E-state index contributed by atoms with van der Waals surface area (Å²) in [6, 6.07) is 12.1. The van der Waals surface area contributed by atoms with Crippen molar-refractivity contribution < 1.29 is 9.18 Å². The molecule has 0 amide bonds. The SMILES string of the molecule is Cn1nc(CC(=O)c2ccc(Br)c(F)c2)c2ccccc21. The Kier molecular flexibility index (Phi) is 3.59. The molecule has 0 unspecified atom stereocenters. The number of hydrogen-bond acceptors (Lipinski definition) is 2. The van der Waals surface area contributed by atoms with E-state index in [0.29, 0.717) is 15.7 Å². The third kappa shape index (κ3) is 2.61. The number of fused-ring (bicyclic) bond motifs is 1. The van der Waals surface area contributed by atoms with Crippen LogP contribution in [0.15, 0.2) is 46.9 Å². The van der Waals surface area contributed by atoms with Gasteiger partial charge in [0, 0.05) is 18.0 Å². The summed E-state index contributed by atoms with van der Waals surface area (Å²) < 4.78 is 15.6. The molecule has 3 nitrogen and oxygen atoms in total. The van der Waals surface area contributed by atoms with Crippen molar-refractivity contribution in [1.82, 2.24) is 9.78 Å². The number of nitrogens with zero attached hydrogens (tertiary/aromatic N) is 2. The summed E-state index contributed by atoms with van der Waals surface area (Å²) >= 11 is 3.08. The summed E-state index contributed by atoms with van der Waals surface area (Å²) in [6.45, 7) is 0. The van der Waals surface area contributed by atoms with Crippen LogP contribution in [0.3, 0.4) is 0 Å². The first-order valence-corrected chi connectivity index (χ1v) is 7.24. The molecule has 0 aliphatic rings. The van der Waals surface area contributed by atoms with Gasteiger partial charge in [-0.2, -0.15) is 5.10 Å². The molecule has 3 aromatic rings.